The molecular weight excluding hydrogens is 270 g/mol. The molecule has 6 heteroatoms. The minimum absolute atomic E-state index is 0.0962. The lowest BCUT2D eigenvalue weighted by Crippen LogP contribution is -2.18. The molecule has 6 nitrogen and oxygen atoms in total. The minimum atomic E-state index is -0.0962. The molecule has 1 aromatic heterocycles. The van der Waals surface area contributed by atoms with Crippen molar-refractivity contribution in [2.24, 2.45) is 13.0 Å². The van der Waals surface area contributed by atoms with E-state index in [2.05, 4.69) is 24.3 Å². The molecule has 0 saturated carbocycles. The highest BCUT2D eigenvalue weighted by Gasteiger charge is 2.16. The molecule has 120 valence electrons. The average Bonchev–Trinajstić information content (AvgIpc) is 2.62. The zero-order valence-corrected chi connectivity index (χ0v) is 13.9. The van der Waals surface area contributed by atoms with Crippen molar-refractivity contribution in [1.82, 2.24) is 9.78 Å². The maximum Gasteiger partial charge on any atom is 0.236 e. The van der Waals surface area contributed by atoms with Crippen LogP contribution >= 0.6 is 0 Å². The highest BCUT2D eigenvalue weighted by Crippen LogP contribution is 2.27. The van der Waals surface area contributed by atoms with Crippen LogP contribution in [-0.2, 0) is 16.6 Å². The van der Waals surface area contributed by atoms with E-state index in [0.717, 1.165) is 12.1 Å². The molecule has 0 bridgehead atoms. The molecule has 0 aliphatic carbocycles. The van der Waals surface area contributed by atoms with Crippen molar-refractivity contribution in [2.75, 3.05) is 19.0 Å². The molecule has 1 aromatic rings. The lowest BCUT2D eigenvalue weighted by atomic mass is 10.1. The molecule has 0 aliphatic heterocycles. The third kappa shape index (κ3) is 5.38. The summed E-state index contributed by atoms with van der Waals surface area (Å²) in [4.78, 5) is 12.0. The summed E-state index contributed by atoms with van der Waals surface area (Å²) in [6, 6.07) is 0. The molecule has 0 fully saturated rings. The van der Waals surface area contributed by atoms with Crippen molar-refractivity contribution in [3.8, 4) is 5.88 Å². The van der Waals surface area contributed by atoms with Gasteiger partial charge in [0.05, 0.1) is 31.9 Å². The van der Waals surface area contributed by atoms with E-state index in [1.807, 2.05) is 13.8 Å². The minimum Gasteiger partial charge on any atom is -0.480 e. The molecule has 0 spiro atoms. The first-order valence-corrected chi connectivity index (χ1v) is 7.34. The van der Waals surface area contributed by atoms with Gasteiger partial charge < -0.3 is 14.8 Å². The Balaban J connectivity index is 2.44. The summed E-state index contributed by atoms with van der Waals surface area (Å²) in [5.74, 6) is 1.05. The number of nitrogens with zero attached hydrogens (tertiary/aromatic N) is 2. The number of hydrogen-bond acceptors (Lipinski definition) is 4. The van der Waals surface area contributed by atoms with Gasteiger partial charge >= 0.3 is 0 Å². The van der Waals surface area contributed by atoms with Crippen LogP contribution in [0.4, 0.5) is 5.69 Å². The summed E-state index contributed by atoms with van der Waals surface area (Å²) in [5.41, 5.74) is 1.36. The van der Waals surface area contributed by atoms with Gasteiger partial charge in [0.15, 0.2) is 0 Å². The van der Waals surface area contributed by atoms with Crippen LogP contribution in [-0.4, -0.2) is 35.5 Å². The van der Waals surface area contributed by atoms with E-state index >= 15 is 0 Å². The third-order valence-corrected chi connectivity index (χ3v) is 3.16. The van der Waals surface area contributed by atoms with Gasteiger partial charge in [0, 0.05) is 7.05 Å². The van der Waals surface area contributed by atoms with Gasteiger partial charge in [-0.25, -0.2) is 4.68 Å². The van der Waals surface area contributed by atoms with Crippen LogP contribution in [0.2, 0.25) is 0 Å². The van der Waals surface area contributed by atoms with E-state index in [9.17, 15) is 4.79 Å². The molecule has 1 heterocycles. The van der Waals surface area contributed by atoms with E-state index in [4.69, 9.17) is 9.47 Å². The summed E-state index contributed by atoms with van der Waals surface area (Å²) >= 11 is 0. The van der Waals surface area contributed by atoms with Crippen molar-refractivity contribution in [2.45, 2.75) is 46.6 Å². The Morgan fingerprint density at radius 2 is 2.05 bits per heavy atom. The van der Waals surface area contributed by atoms with Crippen molar-refractivity contribution in [1.29, 1.82) is 0 Å². The highest BCUT2D eigenvalue weighted by molar-refractivity contribution is 5.92. The first kappa shape index (κ1) is 17.5. The second-order valence-electron chi connectivity index (χ2n) is 5.70. The molecule has 0 aromatic carbocycles. The smallest absolute Gasteiger partial charge is 0.236 e. The molecule has 21 heavy (non-hydrogen) atoms. The number of hydrogen-bond donors (Lipinski definition) is 1. The van der Waals surface area contributed by atoms with Gasteiger partial charge in [0.1, 0.15) is 5.69 Å². The lowest BCUT2D eigenvalue weighted by molar-refractivity contribution is -0.117. The van der Waals surface area contributed by atoms with Crippen LogP contribution in [0.15, 0.2) is 0 Å². The topological polar surface area (TPSA) is 65.4 Å². The van der Waals surface area contributed by atoms with Crippen molar-refractivity contribution < 1.29 is 14.3 Å². The lowest BCUT2D eigenvalue weighted by Gasteiger charge is -2.15. The number of carbonyl (C=O) groups excluding carboxylic acids is 1. The third-order valence-electron chi connectivity index (χ3n) is 3.16. The number of anilines is 1. The van der Waals surface area contributed by atoms with Gasteiger partial charge in [-0.3, -0.25) is 4.79 Å². The number of amides is 1. The van der Waals surface area contributed by atoms with Gasteiger partial charge in [0.2, 0.25) is 11.8 Å². The van der Waals surface area contributed by atoms with Gasteiger partial charge in [0.25, 0.3) is 0 Å². The number of rotatable bonds is 8. The standard InChI is InChI=1S/C15H27N3O3/c1-10(2)9-11(3)21-8-7-13(19)16-14-12(4)17-18(5)15(14)20-6/h10-11H,7-9H2,1-6H3,(H,16,19). The molecule has 1 atom stereocenters. The van der Waals surface area contributed by atoms with Crippen molar-refractivity contribution in [3.05, 3.63) is 5.69 Å². The maximum atomic E-state index is 12.0. The monoisotopic (exact) mass is 297 g/mol. The molecular formula is C15H27N3O3. The first-order valence-electron chi connectivity index (χ1n) is 7.34. The molecule has 1 N–H and O–H groups in total. The van der Waals surface area contributed by atoms with Crippen molar-refractivity contribution >= 4 is 11.6 Å². The van der Waals surface area contributed by atoms with Gasteiger partial charge in [-0.05, 0) is 26.2 Å². The Labute approximate surface area is 126 Å². The van der Waals surface area contributed by atoms with E-state index in [0.29, 0.717) is 30.5 Å². The number of aromatic nitrogens is 2. The fourth-order valence-corrected chi connectivity index (χ4v) is 2.30. The number of ether oxygens (including phenoxy) is 2. The van der Waals surface area contributed by atoms with Crippen LogP contribution in [0.3, 0.4) is 0 Å². The molecule has 0 aliphatic rings. The van der Waals surface area contributed by atoms with Crippen LogP contribution in [0.1, 0.15) is 39.3 Å². The number of nitrogens with one attached hydrogen (secondary N) is 1. The maximum absolute atomic E-state index is 12.0. The highest BCUT2D eigenvalue weighted by atomic mass is 16.5. The number of aryl methyl sites for hydroxylation is 2. The normalized spacial score (nSPS) is 12.5. The number of methoxy groups -OCH3 is 1. The van der Waals surface area contributed by atoms with Crippen molar-refractivity contribution in [3.63, 3.8) is 0 Å². The Bertz CT molecular complexity index is 469. The molecule has 0 saturated heterocycles. The Morgan fingerprint density at radius 3 is 2.62 bits per heavy atom. The summed E-state index contributed by atoms with van der Waals surface area (Å²) in [6.07, 6.45) is 1.49. The summed E-state index contributed by atoms with van der Waals surface area (Å²) < 4.78 is 12.5. The van der Waals surface area contributed by atoms with Gasteiger partial charge in [-0.1, -0.05) is 13.8 Å². The average molecular weight is 297 g/mol. The fourth-order valence-electron chi connectivity index (χ4n) is 2.30. The zero-order valence-electron chi connectivity index (χ0n) is 13.9. The SMILES string of the molecule is COc1c(NC(=O)CCOC(C)CC(C)C)c(C)nn1C. The van der Waals surface area contributed by atoms with E-state index in [1.54, 1.807) is 18.8 Å². The summed E-state index contributed by atoms with van der Waals surface area (Å²) in [7, 11) is 3.33. The predicted octanol–water partition coefficient (Wildman–Crippen LogP) is 2.52. The fraction of sp³-hybridized carbons (Fsp3) is 0.733. The number of carbonyl (C=O) groups is 1. The van der Waals surface area contributed by atoms with Gasteiger partial charge in [-0.2, -0.15) is 5.10 Å². The van der Waals surface area contributed by atoms with Crippen LogP contribution < -0.4 is 10.1 Å². The van der Waals surface area contributed by atoms with Crippen LogP contribution in [0, 0.1) is 12.8 Å². The molecule has 1 unspecified atom stereocenters. The molecule has 1 amide bonds. The van der Waals surface area contributed by atoms with E-state index in [1.165, 1.54) is 0 Å². The first-order chi connectivity index (χ1) is 9.85. The Morgan fingerprint density at radius 1 is 1.38 bits per heavy atom. The summed E-state index contributed by atoms with van der Waals surface area (Å²) in [6.45, 7) is 8.60. The summed E-state index contributed by atoms with van der Waals surface area (Å²) in [5, 5.41) is 7.06. The second-order valence-corrected chi connectivity index (χ2v) is 5.70. The van der Waals surface area contributed by atoms with Crippen LogP contribution in [0.25, 0.3) is 0 Å². The predicted molar refractivity (Wildman–Crippen MR) is 82.6 cm³/mol. The van der Waals surface area contributed by atoms with E-state index < -0.39 is 0 Å². The van der Waals surface area contributed by atoms with E-state index in [-0.39, 0.29) is 12.0 Å². The van der Waals surface area contributed by atoms with Gasteiger partial charge in [-0.15, -0.1) is 0 Å². The van der Waals surface area contributed by atoms with Crippen LogP contribution in [0.5, 0.6) is 5.88 Å². The zero-order chi connectivity index (χ0) is 16.0. The quantitative estimate of drug-likeness (QED) is 0.800. The Hall–Kier alpha value is -1.56. The molecule has 1 rings (SSSR count). The molecule has 0 radical (unpaired) electrons. The second kappa shape index (κ2) is 8.02. The largest absolute Gasteiger partial charge is 0.480 e. The Kier molecular flexibility index (Phi) is 6.68.